The summed E-state index contributed by atoms with van der Waals surface area (Å²) in [6, 6.07) is 2.10. The molecule has 22 heavy (non-hydrogen) atoms. The molecule has 1 amide bonds. The average molecular weight is 295 g/mol. The summed E-state index contributed by atoms with van der Waals surface area (Å²) in [7, 11) is 0. The van der Waals surface area contributed by atoms with E-state index in [1.54, 1.807) is 0 Å². The van der Waals surface area contributed by atoms with Gasteiger partial charge in [0.2, 0.25) is 0 Å². The van der Waals surface area contributed by atoms with Crippen molar-refractivity contribution in [1.29, 1.82) is 0 Å². The first kappa shape index (κ1) is 14.2. The Kier molecular flexibility index (Phi) is 3.36. The zero-order valence-corrected chi connectivity index (χ0v) is 13.0. The van der Waals surface area contributed by atoms with Crippen molar-refractivity contribution in [3.05, 3.63) is 46.5 Å². The number of nitrogens with one attached hydrogen (secondary N) is 2. The Morgan fingerprint density at radius 3 is 2.41 bits per heavy atom. The second kappa shape index (κ2) is 5.22. The molecule has 0 radical (unpaired) electrons. The maximum atomic E-state index is 12.7. The van der Waals surface area contributed by atoms with E-state index in [0.29, 0.717) is 22.5 Å². The van der Waals surface area contributed by atoms with E-state index in [1.165, 1.54) is 12.7 Å². The number of carbonyl (C=O) groups excluding carboxylic acids is 1. The maximum absolute atomic E-state index is 12.7. The summed E-state index contributed by atoms with van der Waals surface area (Å²) >= 11 is 0. The van der Waals surface area contributed by atoms with E-state index < -0.39 is 0 Å². The van der Waals surface area contributed by atoms with Crippen LogP contribution in [-0.2, 0) is 0 Å². The third kappa shape index (κ3) is 2.22. The summed E-state index contributed by atoms with van der Waals surface area (Å²) in [4.78, 5) is 27.9. The second-order valence-corrected chi connectivity index (χ2v) is 5.41. The van der Waals surface area contributed by atoms with Crippen molar-refractivity contribution in [2.75, 3.05) is 5.32 Å². The van der Waals surface area contributed by atoms with Crippen LogP contribution in [0.4, 0.5) is 5.82 Å². The van der Waals surface area contributed by atoms with E-state index in [4.69, 9.17) is 0 Å². The third-order valence-corrected chi connectivity index (χ3v) is 4.05. The van der Waals surface area contributed by atoms with Crippen molar-refractivity contribution in [2.24, 2.45) is 0 Å². The molecule has 0 saturated carbocycles. The van der Waals surface area contributed by atoms with Crippen molar-refractivity contribution < 1.29 is 4.79 Å². The van der Waals surface area contributed by atoms with E-state index >= 15 is 0 Å². The number of aromatic amines is 1. The molecule has 2 heterocycles. The minimum atomic E-state index is -0.170. The van der Waals surface area contributed by atoms with Crippen LogP contribution in [0.5, 0.6) is 0 Å². The molecule has 2 N–H and O–H groups in total. The number of amides is 1. The number of aryl methyl sites for hydroxylation is 2. The number of H-pyrrole nitrogens is 1. The summed E-state index contributed by atoms with van der Waals surface area (Å²) in [5.74, 6) is 0.266. The van der Waals surface area contributed by atoms with Gasteiger partial charge in [-0.3, -0.25) is 4.79 Å². The molecule has 1 aromatic carbocycles. The van der Waals surface area contributed by atoms with Crippen LogP contribution >= 0.6 is 0 Å². The molecule has 6 heteroatoms. The number of carbonyl (C=O) groups is 1. The molecule has 3 aromatic rings. The lowest BCUT2D eigenvalue weighted by atomic mass is 9.94. The number of aromatic nitrogens is 4. The van der Waals surface area contributed by atoms with Crippen LogP contribution in [0.1, 0.15) is 32.6 Å². The molecule has 0 spiro atoms. The van der Waals surface area contributed by atoms with Crippen molar-refractivity contribution in [3.63, 3.8) is 0 Å². The summed E-state index contributed by atoms with van der Waals surface area (Å²) in [5.41, 5.74) is 6.01. The van der Waals surface area contributed by atoms with Gasteiger partial charge in [0.15, 0.2) is 11.5 Å². The number of rotatable bonds is 2. The first-order valence-electron chi connectivity index (χ1n) is 7.02. The lowest BCUT2D eigenvalue weighted by Gasteiger charge is -2.14. The highest BCUT2D eigenvalue weighted by atomic mass is 16.1. The highest BCUT2D eigenvalue weighted by Crippen LogP contribution is 2.23. The van der Waals surface area contributed by atoms with Crippen LogP contribution in [0.2, 0.25) is 0 Å². The molecular weight excluding hydrogens is 278 g/mol. The largest absolute Gasteiger partial charge is 0.340 e. The Labute approximate surface area is 128 Å². The van der Waals surface area contributed by atoms with Crippen LogP contribution < -0.4 is 5.32 Å². The number of hydrogen-bond acceptors (Lipinski definition) is 4. The molecule has 0 bridgehead atoms. The van der Waals surface area contributed by atoms with E-state index in [2.05, 4.69) is 31.3 Å². The minimum absolute atomic E-state index is 0.170. The summed E-state index contributed by atoms with van der Waals surface area (Å²) in [5, 5.41) is 2.86. The lowest BCUT2D eigenvalue weighted by Crippen LogP contribution is -2.17. The van der Waals surface area contributed by atoms with Gasteiger partial charge in [0.25, 0.3) is 5.91 Å². The SMILES string of the molecule is Cc1cc(C)c(C)c(C(=O)Nc2ncnc3nc[nH]c23)c1C. The van der Waals surface area contributed by atoms with Gasteiger partial charge >= 0.3 is 0 Å². The van der Waals surface area contributed by atoms with Gasteiger partial charge < -0.3 is 10.3 Å². The molecule has 0 saturated heterocycles. The van der Waals surface area contributed by atoms with Crippen LogP contribution in [-0.4, -0.2) is 25.8 Å². The fraction of sp³-hybridized carbons (Fsp3) is 0.250. The van der Waals surface area contributed by atoms with Gasteiger partial charge in [-0.25, -0.2) is 15.0 Å². The van der Waals surface area contributed by atoms with Crippen molar-refractivity contribution in [2.45, 2.75) is 27.7 Å². The fourth-order valence-corrected chi connectivity index (χ4v) is 2.59. The fourth-order valence-electron chi connectivity index (χ4n) is 2.59. The van der Waals surface area contributed by atoms with E-state index in [9.17, 15) is 4.79 Å². The standard InChI is InChI=1S/C16H17N5O/c1-8-5-9(2)11(4)12(10(8)3)16(22)21-15-13-14(18-6-17-13)19-7-20-15/h5-7H,1-4H3,(H2,17,18,19,20,21,22). The van der Waals surface area contributed by atoms with Gasteiger partial charge in [-0.05, 0) is 49.9 Å². The zero-order valence-electron chi connectivity index (χ0n) is 13.0. The molecule has 0 aliphatic carbocycles. The zero-order chi connectivity index (χ0) is 15.9. The Hall–Kier alpha value is -2.76. The first-order chi connectivity index (χ1) is 10.5. The average Bonchev–Trinajstić information content (AvgIpc) is 2.95. The maximum Gasteiger partial charge on any atom is 0.257 e. The van der Waals surface area contributed by atoms with Gasteiger partial charge in [-0.2, -0.15) is 0 Å². The molecule has 6 nitrogen and oxygen atoms in total. The molecule has 0 fully saturated rings. The van der Waals surface area contributed by atoms with Gasteiger partial charge in [-0.15, -0.1) is 0 Å². The molecule has 0 aliphatic rings. The Morgan fingerprint density at radius 2 is 1.73 bits per heavy atom. The Balaban J connectivity index is 2.04. The number of fused-ring (bicyclic) bond motifs is 1. The van der Waals surface area contributed by atoms with E-state index in [1.807, 2.05) is 27.7 Å². The van der Waals surface area contributed by atoms with Gasteiger partial charge in [0.1, 0.15) is 11.8 Å². The molecule has 3 rings (SSSR count). The molecule has 112 valence electrons. The molecule has 0 unspecified atom stereocenters. The van der Waals surface area contributed by atoms with Crippen LogP contribution in [0.3, 0.4) is 0 Å². The van der Waals surface area contributed by atoms with Crippen LogP contribution in [0.15, 0.2) is 18.7 Å². The normalized spacial score (nSPS) is 10.9. The molecule has 0 aliphatic heterocycles. The summed E-state index contributed by atoms with van der Waals surface area (Å²) < 4.78 is 0. The number of hydrogen-bond donors (Lipinski definition) is 2. The minimum Gasteiger partial charge on any atom is -0.340 e. The Bertz CT molecular complexity index is 855. The first-order valence-corrected chi connectivity index (χ1v) is 7.02. The lowest BCUT2D eigenvalue weighted by molar-refractivity contribution is 0.102. The van der Waals surface area contributed by atoms with Crippen molar-refractivity contribution >= 4 is 22.9 Å². The summed E-state index contributed by atoms with van der Waals surface area (Å²) in [6.07, 6.45) is 2.92. The van der Waals surface area contributed by atoms with E-state index in [0.717, 1.165) is 22.3 Å². The highest BCUT2D eigenvalue weighted by molar-refractivity contribution is 6.08. The quantitative estimate of drug-likeness (QED) is 0.761. The number of anilines is 1. The van der Waals surface area contributed by atoms with Gasteiger partial charge in [0, 0.05) is 5.56 Å². The smallest absolute Gasteiger partial charge is 0.257 e. The second-order valence-electron chi connectivity index (χ2n) is 5.41. The van der Waals surface area contributed by atoms with Crippen molar-refractivity contribution in [3.8, 4) is 0 Å². The highest BCUT2D eigenvalue weighted by Gasteiger charge is 2.17. The number of imidazole rings is 1. The number of nitrogens with zero attached hydrogens (tertiary/aromatic N) is 3. The predicted octanol–water partition coefficient (Wildman–Crippen LogP) is 2.84. The van der Waals surface area contributed by atoms with Crippen molar-refractivity contribution in [1.82, 2.24) is 19.9 Å². The summed E-state index contributed by atoms with van der Waals surface area (Å²) in [6.45, 7) is 7.94. The van der Waals surface area contributed by atoms with Crippen LogP contribution in [0, 0.1) is 27.7 Å². The molecule has 2 aromatic heterocycles. The van der Waals surface area contributed by atoms with Gasteiger partial charge in [-0.1, -0.05) is 6.07 Å². The monoisotopic (exact) mass is 295 g/mol. The van der Waals surface area contributed by atoms with Gasteiger partial charge in [0.05, 0.1) is 6.33 Å². The van der Waals surface area contributed by atoms with E-state index in [-0.39, 0.29) is 5.91 Å². The van der Waals surface area contributed by atoms with Crippen LogP contribution in [0.25, 0.3) is 11.2 Å². The number of benzene rings is 1. The molecular formula is C16H17N5O. The molecule has 0 atom stereocenters. The Morgan fingerprint density at radius 1 is 1.05 bits per heavy atom. The topological polar surface area (TPSA) is 83.6 Å². The third-order valence-electron chi connectivity index (χ3n) is 4.05. The predicted molar refractivity (Wildman–Crippen MR) is 85.0 cm³/mol.